The summed E-state index contributed by atoms with van der Waals surface area (Å²) in [6.07, 6.45) is 2.71. The van der Waals surface area contributed by atoms with Gasteiger partial charge < -0.3 is 4.18 Å². The first-order valence-corrected chi connectivity index (χ1v) is 13.3. The Morgan fingerprint density at radius 2 is 1.61 bits per heavy atom. The molecule has 0 bridgehead atoms. The number of hydrazone groups is 1. The molecule has 1 N–H and O–H groups in total. The number of amides is 2. The summed E-state index contributed by atoms with van der Waals surface area (Å²) in [5, 5.41) is 2.76. The molecule has 0 fully saturated rings. The number of carbonyl (C=O) groups is 2. The van der Waals surface area contributed by atoms with Crippen LogP contribution in [0.15, 0.2) is 77.0 Å². The van der Waals surface area contributed by atoms with Crippen molar-refractivity contribution < 1.29 is 30.6 Å². The van der Waals surface area contributed by atoms with Crippen molar-refractivity contribution >= 4 is 55.2 Å². The first kappa shape index (κ1) is 25.2. The number of sulfonamides is 1. The lowest BCUT2D eigenvalue weighted by Gasteiger charge is -2.14. The molecule has 0 spiro atoms. The maximum Gasteiger partial charge on any atom is 0.327 e. The fourth-order valence-electron chi connectivity index (χ4n) is 3.13. The van der Waals surface area contributed by atoms with E-state index in [2.05, 4.69) is 19.8 Å². The molecule has 15 heteroatoms. The van der Waals surface area contributed by atoms with Crippen LogP contribution in [0.4, 0.5) is 5.95 Å². The van der Waals surface area contributed by atoms with Gasteiger partial charge in [0, 0.05) is 23.0 Å². The van der Waals surface area contributed by atoms with Crippen LogP contribution < -0.4 is 8.91 Å². The summed E-state index contributed by atoms with van der Waals surface area (Å²) in [6.45, 7) is 1.27. The lowest BCUT2D eigenvalue weighted by molar-refractivity contribution is -0.126. The van der Waals surface area contributed by atoms with Crippen LogP contribution in [0.3, 0.4) is 0 Å². The zero-order chi connectivity index (χ0) is 26.1. The van der Waals surface area contributed by atoms with E-state index in [1.165, 1.54) is 49.6 Å². The van der Waals surface area contributed by atoms with Gasteiger partial charge in [-0.25, -0.2) is 23.1 Å². The van der Waals surface area contributed by atoms with Gasteiger partial charge in [-0.15, -0.1) is 0 Å². The highest BCUT2D eigenvalue weighted by Gasteiger charge is 2.47. The van der Waals surface area contributed by atoms with Gasteiger partial charge in [0.15, 0.2) is 0 Å². The fraction of sp³-hybridized carbons (Fsp3) is 0.0952. The number of halogens is 1. The summed E-state index contributed by atoms with van der Waals surface area (Å²) in [7, 11) is -8.70. The van der Waals surface area contributed by atoms with Crippen molar-refractivity contribution in [2.24, 2.45) is 5.10 Å². The molecule has 4 rings (SSSR count). The molecule has 0 radical (unpaired) electrons. The second-order valence-electron chi connectivity index (χ2n) is 7.31. The molecule has 0 saturated heterocycles. The Labute approximate surface area is 210 Å². The highest BCUT2D eigenvalue weighted by Crippen LogP contribution is 2.25. The molecule has 2 aromatic carbocycles. The highest BCUT2D eigenvalue weighted by atomic mass is 35.5. The van der Waals surface area contributed by atoms with E-state index in [0.29, 0.717) is 10.0 Å². The standard InChI is InChI=1S/C21H16ClN5O7S2/c1-13-18(20(29)27(25-13)19(28)14-3-5-15(22)6-4-14)36(32,33)34-16-7-9-17(10-8-16)35(30,31)26-21-23-11-2-12-24-21/h2-12,18H,1H3,(H,23,24,26). The van der Waals surface area contributed by atoms with E-state index in [4.69, 9.17) is 15.8 Å². The number of rotatable bonds is 7. The minimum atomic E-state index is -4.64. The summed E-state index contributed by atoms with van der Waals surface area (Å²) in [5.41, 5.74) is -0.0943. The van der Waals surface area contributed by atoms with Crippen LogP contribution in [-0.4, -0.2) is 54.6 Å². The van der Waals surface area contributed by atoms with Crippen LogP contribution in [0, 0.1) is 0 Å². The molecular formula is C21H16ClN5O7S2. The molecule has 186 valence electrons. The number of anilines is 1. The van der Waals surface area contributed by atoms with Crippen molar-refractivity contribution in [2.75, 3.05) is 4.72 Å². The van der Waals surface area contributed by atoms with Gasteiger partial charge >= 0.3 is 10.1 Å². The van der Waals surface area contributed by atoms with Crippen LogP contribution in [0.1, 0.15) is 17.3 Å². The van der Waals surface area contributed by atoms with Gasteiger partial charge in [-0.3, -0.25) is 9.59 Å². The molecule has 3 aromatic rings. The van der Waals surface area contributed by atoms with Gasteiger partial charge in [0.05, 0.1) is 10.6 Å². The van der Waals surface area contributed by atoms with Crippen LogP contribution in [0.25, 0.3) is 0 Å². The van der Waals surface area contributed by atoms with Crippen molar-refractivity contribution in [3.05, 3.63) is 77.6 Å². The van der Waals surface area contributed by atoms with Gasteiger partial charge in [-0.05, 0) is 61.5 Å². The Balaban J connectivity index is 1.49. The lowest BCUT2D eigenvalue weighted by Crippen LogP contribution is -2.41. The van der Waals surface area contributed by atoms with Crippen LogP contribution in [-0.2, 0) is 24.9 Å². The number of benzene rings is 2. The van der Waals surface area contributed by atoms with Crippen molar-refractivity contribution in [3.63, 3.8) is 0 Å². The van der Waals surface area contributed by atoms with E-state index in [-0.39, 0.29) is 27.9 Å². The molecule has 1 aliphatic rings. The third-order valence-corrected chi connectivity index (χ3v) is 7.92. The maximum absolute atomic E-state index is 12.9. The number of nitrogens with zero attached hydrogens (tertiary/aromatic N) is 4. The first-order chi connectivity index (χ1) is 17.0. The summed E-state index contributed by atoms with van der Waals surface area (Å²) in [5.74, 6) is -2.35. The molecule has 2 amide bonds. The Bertz CT molecular complexity index is 1560. The number of aromatic nitrogens is 2. The first-order valence-electron chi connectivity index (χ1n) is 10.00. The number of imide groups is 1. The van der Waals surface area contributed by atoms with Crippen LogP contribution in [0.5, 0.6) is 5.75 Å². The zero-order valence-electron chi connectivity index (χ0n) is 18.3. The number of nitrogens with one attached hydrogen (secondary N) is 1. The van der Waals surface area contributed by atoms with Gasteiger partial charge in [-0.1, -0.05) is 11.6 Å². The van der Waals surface area contributed by atoms with E-state index in [9.17, 15) is 26.4 Å². The Morgan fingerprint density at radius 3 is 2.22 bits per heavy atom. The summed E-state index contributed by atoms with van der Waals surface area (Å²) < 4.78 is 57.9. The number of hydrogen-bond donors (Lipinski definition) is 1. The minimum absolute atomic E-state index is 0.0783. The Morgan fingerprint density at radius 1 is 1.00 bits per heavy atom. The summed E-state index contributed by atoms with van der Waals surface area (Å²) in [6, 6.07) is 11.5. The second-order valence-corrected chi connectivity index (χ2v) is 11.1. The van der Waals surface area contributed by atoms with Crippen molar-refractivity contribution in [2.45, 2.75) is 17.1 Å². The van der Waals surface area contributed by atoms with E-state index in [1.54, 1.807) is 0 Å². The van der Waals surface area contributed by atoms with E-state index >= 15 is 0 Å². The van der Waals surface area contributed by atoms with Gasteiger partial charge in [0.1, 0.15) is 5.75 Å². The zero-order valence-corrected chi connectivity index (χ0v) is 20.7. The van der Waals surface area contributed by atoms with Crippen LogP contribution in [0.2, 0.25) is 5.02 Å². The van der Waals surface area contributed by atoms with Crippen molar-refractivity contribution in [3.8, 4) is 5.75 Å². The van der Waals surface area contributed by atoms with Gasteiger partial charge in [0.2, 0.25) is 11.2 Å². The molecule has 0 saturated carbocycles. The SMILES string of the molecule is CC1=NN(C(=O)c2ccc(Cl)cc2)C(=O)C1S(=O)(=O)Oc1ccc(S(=O)(=O)Nc2ncccn2)cc1. The van der Waals surface area contributed by atoms with Crippen LogP contribution >= 0.6 is 11.6 Å². The summed E-state index contributed by atoms with van der Waals surface area (Å²) >= 11 is 5.80. The predicted molar refractivity (Wildman–Crippen MR) is 128 cm³/mol. The third kappa shape index (κ3) is 5.19. The molecular weight excluding hydrogens is 534 g/mol. The molecule has 0 aliphatic carbocycles. The maximum atomic E-state index is 12.9. The Hall–Kier alpha value is -3.88. The van der Waals surface area contributed by atoms with Crippen molar-refractivity contribution in [1.29, 1.82) is 0 Å². The normalized spacial score (nSPS) is 15.9. The third-order valence-electron chi connectivity index (χ3n) is 4.78. The minimum Gasteiger partial charge on any atom is -0.382 e. The fourth-order valence-corrected chi connectivity index (χ4v) is 5.50. The average Bonchev–Trinajstić information content (AvgIpc) is 3.14. The smallest absolute Gasteiger partial charge is 0.327 e. The van der Waals surface area contributed by atoms with E-state index < -0.39 is 37.2 Å². The average molecular weight is 550 g/mol. The molecule has 12 nitrogen and oxygen atoms in total. The molecule has 1 aromatic heterocycles. The highest BCUT2D eigenvalue weighted by molar-refractivity contribution is 7.92. The molecule has 2 heterocycles. The molecule has 1 atom stereocenters. The molecule has 1 aliphatic heterocycles. The van der Waals surface area contributed by atoms with Crippen molar-refractivity contribution in [1.82, 2.24) is 15.0 Å². The number of hydrogen-bond acceptors (Lipinski definition) is 10. The monoisotopic (exact) mass is 549 g/mol. The van der Waals surface area contributed by atoms with Gasteiger partial charge in [0.25, 0.3) is 21.8 Å². The quantitative estimate of drug-likeness (QED) is 0.343. The molecule has 1 unspecified atom stereocenters. The topological polar surface area (TPSA) is 165 Å². The van der Waals surface area contributed by atoms with E-state index in [1.807, 2.05) is 0 Å². The second kappa shape index (κ2) is 9.64. The van der Waals surface area contributed by atoms with E-state index in [0.717, 1.165) is 24.3 Å². The predicted octanol–water partition coefficient (Wildman–Crippen LogP) is 2.07. The van der Waals surface area contributed by atoms with Gasteiger partial charge in [-0.2, -0.15) is 18.5 Å². The molecule has 36 heavy (non-hydrogen) atoms. The summed E-state index contributed by atoms with van der Waals surface area (Å²) in [4.78, 5) is 32.8. The lowest BCUT2D eigenvalue weighted by atomic mass is 10.2. The number of carbonyl (C=O) groups excluding carboxylic acids is 2. The Kier molecular flexibility index (Phi) is 6.75. The largest absolute Gasteiger partial charge is 0.382 e.